The molecule has 0 amide bonds. The van der Waals surface area contributed by atoms with Crippen LogP contribution < -0.4 is 10.6 Å². The van der Waals surface area contributed by atoms with Crippen molar-refractivity contribution in [1.82, 2.24) is 0 Å². The van der Waals surface area contributed by atoms with E-state index in [1.165, 1.54) is 5.69 Å². The molecule has 19 heavy (non-hydrogen) atoms. The van der Waals surface area contributed by atoms with Crippen molar-refractivity contribution in [2.75, 3.05) is 11.4 Å². The number of para-hydroxylation sites is 1. The predicted octanol–water partition coefficient (Wildman–Crippen LogP) is 3.51. The third kappa shape index (κ3) is 2.90. The molecule has 1 aliphatic rings. The zero-order valence-electron chi connectivity index (χ0n) is 11.6. The number of anilines is 1. The molecular formula is C17H24N2. The average Bonchev–Trinajstić information content (AvgIpc) is 2.40. The van der Waals surface area contributed by atoms with Gasteiger partial charge in [0, 0.05) is 23.8 Å². The van der Waals surface area contributed by atoms with Gasteiger partial charge in [-0.25, -0.2) is 0 Å². The molecule has 1 aromatic rings. The van der Waals surface area contributed by atoms with Gasteiger partial charge in [-0.1, -0.05) is 30.4 Å². The SMILES string of the molecule is C=CCC1(CC=C)CC(N)CCN1c1ccccc1. The van der Waals surface area contributed by atoms with E-state index < -0.39 is 0 Å². The van der Waals surface area contributed by atoms with Gasteiger partial charge in [-0.15, -0.1) is 13.2 Å². The lowest BCUT2D eigenvalue weighted by molar-refractivity contribution is 0.285. The normalized spacial score (nSPS) is 21.9. The Bertz CT molecular complexity index is 414. The van der Waals surface area contributed by atoms with Crippen molar-refractivity contribution in [3.05, 3.63) is 55.6 Å². The number of hydrogen-bond donors (Lipinski definition) is 1. The number of benzene rings is 1. The molecule has 1 atom stereocenters. The van der Waals surface area contributed by atoms with Crippen LogP contribution in [0.3, 0.4) is 0 Å². The Morgan fingerprint density at radius 3 is 2.42 bits per heavy atom. The Hall–Kier alpha value is -1.54. The molecule has 2 N–H and O–H groups in total. The molecule has 2 nitrogen and oxygen atoms in total. The summed E-state index contributed by atoms with van der Waals surface area (Å²) >= 11 is 0. The fourth-order valence-corrected chi connectivity index (χ4v) is 3.25. The maximum atomic E-state index is 6.22. The fourth-order valence-electron chi connectivity index (χ4n) is 3.25. The number of nitrogens with two attached hydrogens (primary N) is 1. The lowest BCUT2D eigenvalue weighted by Crippen LogP contribution is -2.57. The van der Waals surface area contributed by atoms with E-state index in [0.717, 1.165) is 32.2 Å². The first-order chi connectivity index (χ1) is 9.22. The molecule has 0 radical (unpaired) electrons. The number of rotatable bonds is 5. The zero-order chi connectivity index (χ0) is 13.7. The Labute approximate surface area is 116 Å². The maximum Gasteiger partial charge on any atom is 0.0485 e. The topological polar surface area (TPSA) is 29.3 Å². The van der Waals surface area contributed by atoms with Gasteiger partial charge in [-0.2, -0.15) is 0 Å². The van der Waals surface area contributed by atoms with E-state index in [4.69, 9.17) is 5.73 Å². The standard InChI is InChI=1S/C17H24N2/c1-3-11-17(12-4-2)14-15(18)10-13-19(17)16-8-6-5-7-9-16/h3-9,15H,1-2,10-14,18H2. The van der Waals surface area contributed by atoms with E-state index in [9.17, 15) is 0 Å². The fraction of sp³-hybridized carbons (Fsp3) is 0.412. The molecule has 0 aromatic heterocycles. The van der Waals surface area contributed by atoms with Crippen LogP contribution in [-0.4, -0.2) is 18.1 Å². The van der Waals surface area contributed by atoms with Crippen LogP contribution in [0.5, 0.6) is 0 Å². The summed E-state index contributed by atoms with van der Waals surface area (Å²) in [7, 11) is 0. The minimum absolute atomic E-state index is 0.0442. The van der Waals surface area contributed by atoms with Gasteiger partial charge >= 0.3 is 0 Å². The quantitative estimate of drug-likeness (QED) is 0.817. The molecule has 2 rings (SSSR count). The van der Waals surface area contributed by atoms with Crippen LogP contribution in [0.25, 0.3) is 0 Å². The first kappa shape index (κ1) is 13.9. The van der Waals surface area contributed by atoms with Crippen molar-refractivity contribution in [1.29, 1.82) is 0 Å². The molecule has 0 bridgehead atoms. The average molecular weight is 256 g/mol. The van der Waals surface area contributed by atoms with Crippen molar-refractivity contribution in [2.24, 2.45) is 5.73 Å². The first-order valence-corrected chi connectivity index (χ1v) is 7.02. The van der Waals surface area contributed by atoms with Crippen LogP contribution in [0.1, 0.15) is 25.7 Å². The molecule has 2 heteroatoms. The van der Waals surface area contributed by atoms with Gasteiger partial charge in [-0.05, 0) is 37.8 Å². The highest BCUT2D eigenvalue weighted by molar-refractivity contribution is 5.50. The van der Waals surface area contributed by atoms with E-state index in [1.54, 1.807) is 0 Å². The van der Waals surface area contributed by atoms with Crippen molar-refractivity contribution < 1.29 is 0 Å². The molecule has 1 fully saturated rings. The number of hydrogen-bond acceptors (Lipinski definition) is 2. The lowest BCUT2D eigenvalue weighted by Gasteiger charge is -2.50. The van der Waals surface area contributed by atoms with Gasteiger partial charge in [0.2, 0.25) is 0 Å². The van der Waals surface area contributed by atoms with Gasteiger partial charge in [0.1, 0.15) is 0 Å². The summed E-state index contributed by atoms with van der Waals surface area (Å²) in [5, 5.41) is 0. The maximum absolute atomic E-state index is 6.22. The summed E-state index contributed by atoms with van der Waals surface area (Å²) in [6.45, 7) is 8.87. The predicted molar refractivity (Wildman–Crippen MR) is 83.4 cm³/mol. The molecule has 0 saturated carbocycles. The minimum Gasteiger partial charge on any atom is -0.365 e. The van der Waals surface area contributed by atoms with Crippen LogP contribution in [0.4, 0.5) is 5.69 Å². The van der Waals surface area contributed by atoms with Crippen LogP contribution in [0, 0.1) is 0 Å². The molecule has 0 spiro atoms. The van der Waals surface area contributed by atoms with Crippen LogP contribution in [-0.2, 0) is 0 Å². The zero-order valence-corrected chi connectivity index (χ0v) is 11.6. The highest BCUT2D eigenvalue weighted by Gasteiger charge is 2.39. The van der Waals surface area contributed by atoms with Gasteiger partial charge in [-0.3, -0.25) is 0 Å². The summed E-state index contributed by atoms with van der Waals surface area (Å²) in [5.41, 5.74) is 7.54. The Morgan fingerprint density at radius 2 is 1.84 bits per heavy atom. The molecular weight excluding hydrogens is 232 g/mol. The monoisotopic (exact) mass is 256 g/mol. The third-order valence-electron chi connectivity index (χ3n) is 4.05. The Balaban J connectivity index is 2.36. The van der Waals surface area contributed by atoms with Gasteiger partial charge in [0.25, 0.3) is 0 Å². The molecule has 0 aliphatic carbocycles. The molecule has 1 aromatic carbocycles. The van der Waals surface area contributed by atoms with E-state index >= 15 is 0 Å². The van der Waals surface area contributed by atoms with Crippen molar-refractivity contribution in [3.63, 3.8) is 0 Å². The summed E-state index contributed by atoms with van der Waals surface area (Å²) in [6, 6.07) is 10.9. The van der Waals surface area contributed by atoms with E-state index in [-0.39, 0.29) is 11.6 Å². The van der Waals surface area contributed by atoms with Gasteiger partial charge in [0.15, 0.2) is 0 Å². The lowest BCUT2D eigenvalue weighted by atomic mass is 9.78. The minimum atomic E-state index is 0.0442. The van der Waals surface area contributed by atoms with Gasteiger partial charge < -0.3 is 10.6 Å². The molecule has 102 valence electrons. The van der Waals surface area contributed by atoms with Crippen LogP contribution >= 0.6 is 0 Å². The van der Waals surface area contributed by atoms with Crippen molar-refractivity contribution >= 4 is 5.69 Å². The molecule has 1 saturated heterocycles. The summed E-state index contributed by atoms with van der Waals surface area (Å²) < 4.78 is 0. The number of piperidine rings is 1. The smallest absolute Gasteiger partial charge is 0.0485 e. The van der Waals surface area contributed by atoms with Crippen molar-refractivity contribution in [3.8, 4) is 0 Å². The molecule has 1 heterocycles. The second kappa shape index (κ2) is 6.07. The first-order valence-electron chi connectivity index (χ1n) is 7.02. The highest BCUT2D eigenvalue weighted by atomic mass is 15.2. The van der Waals surface area contributed by atoms with Crippen LogP contribution in [0.15, 0.2) is 55.6 Å². The molecule has 1 unspecified atom stereocenters. The molecule has 1 aliphatic heterocycles. The van der Waals surface area contributed by atoms with E-state index in [1.807, 2.05) is 12.2 Å². The second-order valence-corrected chi connectivity index (χ2v) is 5.45. The second-order valence-electron chi connectivity index (χ2n) is 5.45. The number of nitrogens with zero attached hydrogens (tertiary/aromatic N) is 1. The van der Waals surface area contributed by atoms with E-state index in [0.29, 0.717) is 0 Å². The third-order valence-corrected chi connectivity index (χ3v) is 4.05. The van der Waals surface area contributed by atoms with Crippen molar-refractivity contribution in [2.45, 2.75) is 37.3 Å². The summed E-state index contributed by atoms with van der Waals surface area (Å²) in [6.07, 6.45) is 7.96. The summed E-state index contributed by atoms with van der Waals surface area (Å²) in [4.78, 5) is 2.50. The Morgan fingerprint density at radius 1 is 1.21 bits per heavy atom. The van der Waals surface area contributed by atoms with Gasteiger partial charge in [0.05, 0.1) is 0 Å². The van der Waals surface area contributed by atoms with Crippen LogP contribution in [0.2, 0.25) is 0 Å². The highest BCUT2D eigenvalue weighted by Crippen LogP contribution is 2.38. The largest absolute Gasteiger partial charge is 0.365 e. The Kier molecular flexibility index (Phi) is 4.43. The van der Waals surface area contributed by atoms with E-state index in [2.05, 4.69) is 48.4 Å². The summed E-state index contributed by atoms with van der Waals surface area (Å²) in [5.74, 6) is 0.